The molecule has 0 saturated heterocycles. The summed E-state index contributed by atoms with van der Waals surface area (Å²) < 4.78 is 0. The predicted octanol–water partition coefficient (Wildman–Crippen LogP) is 0.506. The molecule has 0 aromatic carbocycles. The van der Waals surface area contributed by atoms with Gasteiger partial charge in [-0.15, -0.1) is 0 Å². The number of rotatable bonds is 1. The van der Waals surface area contributed by atoms with Crippen LogP contribution in [0.5, 0.6) is 0 Å². The first kappa shape index (κ1) is 6.52. The van der Waals surface area contributed by atoms with Crippen molar-refractivity contribution < 1.29 is 0 Å². The van der Waals surface area contributed by atoms with Crippen molar-refractivity contribution in [2.75, 3.05) is 0 Å². The molecule has 2 heteroatoms. The highest BCUT2D eigenvalue weighted by Crippen LogP contribution is 2.18. The molecule has 0 atom stereocenters. The lowest BCUT2D eigenvalue weighted by Crippen LogP contribution is -2.32. The Kier molecular flexibility index (Phi) is 1.69. The number of hydrogen-bond donors (Lipinski definition) is 2. The van der Waals surface area contributed by atoms with Gasteiger partial charge in [0.2, 0.25) is 0 Å². The minimum Gasteiger partial charge on any atom is -0.313 e. The summed E-state index contributed by atoms with van der Waals surface area (Å²) in [6.07, 6.45) is 4.81. The van der Waals surface area contributed by atoms with Crippen LogP contribution in [0.3, 0.4) is 0 Å². The van der Waals surface area contributed by atoms with Crippen molar-refractivity contribution in [3.8, 4) is 0 Å². The van der Waals surface area contributed by atoms with Crippen LogP contribution in [0, 0.1) is 0 Å². The summed E-state index contributed by atoms with van der Waals surface area (Å²) in [5, 5.41) is 0. The Labute approximate surface area is 55.2 Å². The largest absolute Gasteiger partial charge is 0.313 e. The Bertz CT molecular complexity index is 166. The Morgan fingerprint density at radius 2 is 2.22 bits per heavy atom. The fourth-order valence-electron chi connectivity index (χ4n) is 1.03. The van der Waals surface area contributed by atoms with Gasteiger partial charge in [0, 0.05) is 0 Å². The van der Waals surface area contributed by atoms with E-state index in [4.69, 9.17) is 11.5 Å². The molecule has 0 aromatic heterocycles. The molecular formula is C7H12N2. The average molecular weight is 124 g/mol. The van der Waals surface area contributed by atoms with Crippen LogP contribution in [0.25, 0.3) is 0 Å². The van der Waals surface area contributed by atoms with Crippen LogP contribution in [0.15, 0.2) is 23.3 Å². The Morgan fingerprint density at radius 3 is 2.44 bits per heavy atom. The first-order valence-corrected chi connectivity index (χ1v) is 3.09. The lowest BCUT2D eigenvalue weighted by molar-refractivity contribution is 0.794. The molecule has 2 nitrogen and oxygen atoms in total. The quantitative estimate of drug-likeness (QED) is 0.500. The van der Waals surface area contributed by atoms with E-state index in [1.165, 1.54) is 5.57 Å². The summed E-state index contributed by atoms with van der Waals surface area (Å²) in [6, 6.07) is 0. The monoisotopic (exact) mass is 124 g/mol. The van der Waals surface area contributed by atoms with E-state index in [-0.39, 0.29) is 6.17 Å². The number of hydrogen-bond acceptors (Lipinski definition) is 2. The van der Waals surface area contributed by atoms with E-state index >= 15 is 0 Å². The van der Waals surface area contributed by atoms with E-state index in [0.29, 0.717) is 0 Å². The van der Waals surface area contributed by atoms with E-state index in [1.54, 1.807) is 0 Å². The molecule has 0 bridgehead atoms. The average Bonchev–Trinajstić information content (AvgIpc) is 2.13. The van der Waals surface area contributed by atoms with E-state index in [1.807, 2.05) is 6.92 Å². The van der Waals surface area contributed by atoms with E-state index < -0.39 is 0 Å². The Morgan fingerprint density at radius 1 is 1.56 bits per heavy atom. The third kappa shape index (κ3) is 1.20. The van der Waals surface area contributed by atoms with E-state index in [9.17, 15) is 0 Å². The van der Waals surface area contributed by atoms with Crippen LogP contribution < -0.4 is 11.5 Å². The van der Waals surface area contributed by atoms with Gasteiger partial charge in [0.15, 0.2) is 0 Å². The van der Waals surface area contributed by atoms with Gasteiger partial charge in [-0.25, -0.2) is 0 Å². The standard InChI is InChI=1S/C7H12N2/c1-5-3-2-4-6(5)7(8)9/h2-3,7H,4,8-9H2,1H3. The van der Waals surface area contributed by atoms with Gasteiger partial charge in [-0.3, -0.25) is 0 Å². The first-order valence-electron chi connectivity index (χ1n) is 3.09. The highest BCUT2D eigenvalue weighted by atomic mass is 14.9. The molecule has 0 fully saturated rings. The lowest BCUT2D eigenvalue weighted by atomic mass is 10.1. The van der Waals surface area contributed by atoms with Gasteiger partial charge < -0.3 is 11.5 Å². The number of nitrogens with two attached hydrogens (primary N) is 2. The summed E-state index contributed by atoms with van der Waals surface area (Å²) >= 11 is 0. The zero-order chi connectivity index (χ0) is 6.85. The first-order chi connectivity index (χ1) is 4.22. The summed E-state index contributed by atoms with van der Waals surface area (Å²) in [5.41, 5.74) is 13.3. The van der Waals surface area contributed by atoms with E-state index in [2.05, 4.69) is 12.2 Å². The van der Waals surface area contributed by atoms with Gasteiger partial charge in [0.25, 0.3) is 0 Å². The molecule has 9 heavy (non-hydrogen) atoms. The maximum Gasteiger partial charge on any atom is 0.0752 e. The highest BCUT2D eigenvalue weighted by molar-refractivity contribution is 5.34. The SMILES string of the molecule is CC1=C(C(N)N)CC=C1. The molecule has 1 rings (SSSR count). The van der Waals surface area contributed by atoms with Crippen molar-refractivity contribution >= 4 is 0 Å². The fraction of sp³-hybridized carbons (Fsp3) is 0.429. The minimum atomic E-state index is -0.264. The maximum atomic E-state index is 5.47. The zero-order valence-electron chi connectivity index (χ0n) is 5.59. The molecule has 0 spiro atoms. The van der Waals surface area contributed by atoms with Gasteiger partial charge >= 0.3 is 0 Å². The van der Waals surface area contributed by atoms with Gasteiger partial charge in [-0.1, -0.05) is 12.2 Å². The molecular weight excluding hydrogens is 112 g/mol. The lowest BCUT2D eigenvalue weighted by Gasteiger charge is -2.06. The van der Waals surface area contributed by atoms with Crippen molar-refractivity contribution in [3.63, 3.8) is 0 Å². The third-order valence-corrected chi connectivity index (χ3v) is 1.61. The summed E-state index contributed by atoms with van der Waals surface area (Å²) in [6.45, 7) is 2.03. The van der Waals surface area contributed by atoms with Crippen molar-refractivity contribution in [2.45, 2.75) is 19.5 Å². The maximum absolute atomic E-state index is 5.47. The van der Waals surface area contributed by atoms with Crippen LogP contribution in [-0.2, 0) is 0 Å². The van der Waals surface area contributed by atoms with Gasteiger partial charge in [0.05, 0.1) is 6.17 Å². The van der Waals surface area contributed by atoms with Crippen molar-refractivity contribution in [1.82, 2.24) is 0 Å². The minimum absolute atomic E-state index is 0.264. The van der Waals surface area contributed by atoms with Gasteiger partial charge in [0.1, 0.15) is 0 Å². The summed E-state index contributed by atoms with van der Waals surface area (Å²) in [5.74, 6) is 0. The van der Waals surface area contributed by atoms with Crippen LogP contribution >= 0.6 is 0 Å². The third-order valence-electron chi connectivity index (χ3n) is 1.61. The van der Waals surface area contributed by atoms with Crippen molar-refractivity contribution in [2.24, 2.45) is 11.5 Å². The summed E-state index contributed by atoms with van der Waals surface area (Å²) in [7, 11) is 0. The smallest absolute Gasteiger partial charge is 0.0752 e. The molecule has 50 valence electrons. The van der Waals surface area contributed by atoms with Gasteiger partial charge in [-0.2, -0.15) is 0 Å². The number of allylic oxidation sites excluding steroid dienone is 3. The molecule has 0 aromatic rings. The second kappa shape index (κ2) is 2.33. The van der Waals surface area contributed by atoms with Crippen molar-refractivity contribution in [3.05, 3.63) is 23.3 Å². The summed E-state index contributed by atoms with van der Waals surface area (Å²) in [4.78, 5) is 0. The second-order valence-electron chi connectivity index (χ2n) is 2.34. The van der Waals surface area contributed by atoms with Crippen LogP contribution in [0.1, 0.15) is 13.3 Å². The zero-order valence-corrected chi connectivity index (χ0v) is 5.59. The highest BCUT2D eigenvalue weighted by Gasteiger charge is 2.08. The Balaban J connectivity index is 2.73. The predicted molar refractivity (Wildman–Crippen MR) is 38.6 cm³/mol. The molecule has 0 unspecified atom stereocenters. The fourth-order valence-corrected chi connectivity index (χ4v) is 1.03. The van der Waals surface area contributed by atoms with Crippen LogP contribution in [-0.4, -0.2) is 6.17 Å². The molecule has 0 aliphatic heterocycles. The van der Waals surface area contributed by atoms with Gasteiger partial charge in [-0.05, 0) is 24.5 Å². The van der Waals surface area contributed by atoms with Crippen molar-refractivity contribution in [1.29, 1.82) is 0 Å². The van der Waals surface area contributed by atoms with Crippen LogP contribution in [0.4, 0.5) is 0 Å². The molecule has 1 aliphatic carbocycles. The molecule has 0 amide bonds. The molecule has 4 N–H and O–H groups in total. The molecule has 0 saturated carbocycles. The normalized spacial score (nSPS) is 18.2. The molecule has 0 radical (unpaired) electrons. The molecule has 1 aliphatic rings. The van der Waals surface area contributed by atoms with E-state index in [0.717, 1.165) is 12.0 Å². The topological polar surface area (TPSA) is 52.0 Å². The molecule has 0 heterocycles. The second-order valence-corrected chi connectivity index (χ2v) is 2.34. The Hall–Kier alpha value is -0.600. The van der Waals surface area contributed by atoms with Crippen LogP contribution in [0.2, 0.25) is 0 Å².